The number of esters is 5. The van der Waals surface area contributed by atoms with E-state index < -0.39 is 118 Å². The molecule has 5 aliphatic rings. The second-order valence-electron chi connectivity index (χ2n) is 22.5. The summed E-state index contributed by atoms with van der Waals surface area (Å²) in [6.07, 6.45) is 21.3. The Bertz CT molecular complexity index is 3130. The molecule has 84 heavy (non-hydrogen) atoms. The van der Waals surface area contributed by atoms with Gasteiger partial charge in [0.25, 0.3) is 5.91 Å². The van der Waals surface area contributed by atoms with Gasteiger partial charge >= 0.3 is 29.8 Å². The Balaban J connectivity index is 1.09. The Hall–Kier alpha value is -7.79. The summed E-state index contributed by atoms with van der Waals surface area (Å²) in [7, 11) is 0. The van der Waals surface area contributed by atoms with Gasteiger partial charge in [-0.25, -0.2) is 9.59 Å². The zero-order valence-corrected chi connectivity index (χ0v) is 48.6. The number of aliphatic hydroxyl groups is 2. The fraction of sp³-hybridized carbons (Fsp3) is 0.426. The number of carbonyl (C=O) groups is 7. The van der Waals surface area contributed by atoms with Crippen molar-refractivity contribution in [1.29, 1.82) is 0 Å². The van der Waals surface area contributed by atoms with Crippen LogP contribution in [0.3, 0.4) is 0 Å². The van der Waals surface area contributed by atoms with Gasteiger partial charge in [0.1, 0.15) is 29.5 Å². The fourth-order valence-corrected chi connectivity index (χ4v) is 13.2. The smallest absolute Gasteiger partial charge is 0.338 e. The van der Waals surface area contributed by atoms with E-state index in [9.17, 15) is 39.0 Å². The maximum atomic E-state index is 16.2. The van der Waals surface area contributed by atoms with E-state index in [2.05, 4.69) is 66.9 Å². The largest absolute Gasteiger partial charge is 0.461 e. The first kappa shape index (κ1) is 62.3. The van der Waals surface area contributed by atoms with E-state index in [0.717, 1.165) is 46.0 Å². The molecule has 1 amide bonds. The van der Waals surface area contributed by atoms with Crippen molar-refractivity contribution in [3.63, 3.8) is 0 Å². The van der Waals surface area contributed by atoms with Crippen LogP contribution in [0, 0.1) is 16.7 Å². The number of nitrogens with one attached hydrogen (secondary N) is 1. The lowest BCUT2D eigenvalue weighted by atomic mass is 9.30. The number of fused-ring (bicyclic) bond motifs is 3. The van der Waals surface area contributed by atoms with E-state index in [1.54, 1.807) is 85.8 Å². The molecule has 4 aliphatic carbocycles. The van der Waals surface area contributed by atoms with Gasteiger partial charge in [0, 0.05) is 38.7 Å². The Labute approximate surface area is 491 Å². The monoisotopic (exact) mass is 1150 g/mol. The number of benzene rings is 3. The predicted molar refractivity (Wildman–Crippen MR) is 312 cm³/mol. The van der Waals surface area contributed by atoms with Gasteiger partial charge in [-0.3, -0.25) is 24.0 Å². The van der Waals surface area contributed by atoms with Gasteiger partial charge in [-0.1, -0.05) is 147 Å². The summed E-state index contributed by atoms with van der Waals surface area (Å²) < 4.78 is 37.7. The highest BCUT2D eigenvalue weighted by atomic mass is 16.6. The Morgan fingerprint density at radius 3 is 1.76 bits per heavy atom. The van der Waals surface area contributed by atoms with Crippen molar-refractivity contribution in [3.8, 4) is 0 Å². The molecule has 444 valence electrons. The van der Waals surface area contributed by atoms with Crippen LogP contribution in [-0.4, -0.2) is 106 Å². The summed E-state index contributed by atoms with van der Waals surface area (Å²) in [5.74, 6) is -7.60. The van der Waals surface area contributed by atoms with E-state index in [-0.39, 0.29) is 48.1 Å². The molecule has 3 saturated carbocycles. The van der Waals surface area contributed by atoms with Crippen molar-refractivity contribution < 1.29 is 72.2 Å². The number of hydrogen-bond donors (Lipinski definition) is 3. The first-order valence-electron chi connectivity index (χ1n) is 28.9. The molecule has 16 nitrogen and oxygen atoms in total. The maximum absolute atomic E-state index is 16.2. The summed E-state index contributed by atoms with van der Waals surface area (Å²) in [5.41, 5.74) is -9.27. The van der Waals surface area contributed by atoms with Gasteiger partial charge in [-0.05, 0) is 107 Å². The molecule has 0 spiro atoms. The quantitative estimate of drug-likeness (QED) is 0.0407. The highest BCUT2D eigenvalue weighted by Gasteiger charge is 2.90. The fourth-order valence-electron chi connectivity index (χ4n) is 13.2. The normalized spacial score (nSPS) is 29.4. The zero-order valence-electron chi connectivity index (χ0n) is 48.6. The lowest BCUT2D eigenvalue weighted by Crippen LogP contribution is -2.90. The number of ether oxygens (including phenoxy) is 6. The first-order chi connectivity index (χ1) is 40.3. The van der Waals surface area contributed by atoms with E-state index >= 15 is 4.79 Å². The van der Waals surface area contributed by atoms with Crippen LogP contribution in [0.25, 0.3) is 0 Å². The van der Waals surface area contributed by atoms with Gasteiger partial charge in [0.2, 0.25) is 0 Å². The van der Waals surface area contributed by atoms with Crippen LogP contribution in [0.2, 0.25) is 0 Å². The molecule has 4 fully saturated rings. The van der Waals surface area contributed by atoms with Crippen molar-refractivity contribution in [2.24, 2.45) is 16.7 Å². The molecule has 3 N–H and O–H groups in total. The van der Waals surface area contributed by atoms with Crippen molar-refractivity contribution in [2.45, 2.75) is 159 Å². The minimum atomic E-state index is -2.38. The number of aliphatic hydroxyl groups excluding tert-OH is 1. The maximum Gasteiger partial charge on any atom is 0.338 e. The minimum Gasteiger partial charge on any atom is -0.461 e. The third-order valence-corrected chi connectivity index (χ3v) is 17.4. The standard InChI is InChI=1S/C68H77NO15/c1-7-8-9-10-11-12-13-14-15-16-17-18-19-20-21-22-23-24-34-41-53(72)81-51-42-52-66(44-79-52,83-47(4)71)58-60(82-62(76)50-39-32-27-33-40-50)67(78)43-68(45(2)54(65(67,68)6)57(80-46(3)70)59(74)64(51,58)5)84-63(77)56(73)55(48-35-28-25-29-36-48)69-61(75)49-37-30-26-31-38-49/h8-9,11-12,14-15,17-18,20-21,23-33,35-40,51-52,55-58,60,73,78H,7,10,13,16,19,22,34,41-44H2,1-6H3,(H,69,75)/b9-8-,12-11-,15-14-,18-17-,21-20-,24-23-/t51-,52+,55?,56+,57+,58-,60-,64+,65+,66-,67+,68?/m0/s1. The van der Waals surface area contributed by atoms with E-state index in [1.165, 1.54) is 26.0 Å². The number of carbonyl (C=O) groups excluding carboxylic acids is 7. The molecule has 0 radical (unpaired) electrons. The summed E-state index contributed by atoms with van der Waals surface area (Å²) in [4.78, 5) is 100. The molecule has 1 aliphatic heterocycles. The highest BCUT2D eigenvalue weighted by Crippen LogP contribution is 2.78. The lowest BCUT2D eigenvalue weighted by molar-refractivity contribution is -0.376. The number of Topliss-reactive ketones (excluding diaryl/α,β-unsaturated/α-hetero) is 1. The van der Waals surface area contributed by atoms with Gasteiger partial charge in [-0.15, -0.1) is 0 Å². The summed E-state index contributed by atoms with van der Waals surface area (Å²) in [6, 6.07) is 23.0. The first-order valence-corrected chi connectivity index (χ1v) is 28.9. The number of allylic oxidation sites excluding steroid dienone is 12. The van der Waals surface area contributed by atoms with Crippen molar-refractivity contribution >= 4 is 41.5 Å². The average Bonchev–Trinajstić information content (AvgIpc) is 0.663. The van der Waals surface area contributed by atoms with Gasteiger partial charge < -0.3 is 44.0 Å². The molecular formula is C68H77NO15. The van der Waals surface area contributed by atoms with Gasteiger partial charge in [-0.2, -0.15) is 0 Å². The molecule has 0 bridgehead atoms. The molecule has 0 aromatic heterocycles. The van der Waals surface area contributed by atoms with Crippen LogP contribution in [0.15, 0.2) is 175 Å². The van der Waals surface area contributed by atoms with E-state index in [0.29, 0.717) is 12.0 Å². The Morgan fingerprint density at radius 2 is 1.24 bits per heavy atom. The molecule has 16 heteroatoms. The van der Waals surface area contributed by atoms with Crippen molar-refractivity contribution in [3.05, 3.63) is 192 Å². The Kier molecular flexibility index (Phi) is 19.9. The van der Waals surface area contributed by atoms with Crippen LogP contribution < -0.4 is 5.32 Å². The summed E-state index contributed by atoms with van der Waals surface area (Å²) in [6.45, 7) is 8.54. The van der Waals surface area contributed by atoms with Crippen LogP contribution in [0.1, 0.15) is 138 Å². The molecule has 1 saturated heterocycles. The molecule has 3 aromatic rings. The van der Waals surface area contributed by atoms with Crippen molar-refractivity contribution in [1.82, 2.24) is 5.32 Å². The third-order valence-electron chi connectivity index (χ3n) is 17.4. The zero-order chi connectivity index (χ0) is 60.3. The number of rotatable bonds is 25. The third kappa shape index (κ3) is 12.1. The van der Waals surface area contributed by atoms with Gasteiger partial charge in [0.05, 0.1) is 35.0 Å². The topological polar surface area (TPSA) is 227 Å². The highest BCUT2D eigenvalue weighted by molar-refractivity contribution is 5.98. The van der Waals surface area contributed by atoms with Gasteiger partial charge in [0.15, 0.2) is 23.6 Å². The second-order valence-corrected chi connectivity index (χ2v) is 22.5. The molecule has 1 heterocycles. The Morgan fingerprint density at radius 1 is 0.702 bits per heavy atom. The van der Waals surface area contributed by atoms with Crippen LogP contribution in [0.5, 0.6) is 0 Å². The van der Waals surface area contributed by atoms with Crippen molar-refractivity contribution in [2.75, 3.05) is 6.61 Å². The number of hydrogen-bond acceptors (Lipinski definition) is 15. The lowest BCUT2D eigenvalue weighted by Gasteiger charge is -2.78. The van der Waals surface area contributed by atoms with Crippen LogP contribution >= 0.6 is 0 Å². The molecule has 3 aromatic carbocycles. The summed E-state index contributed by atoms with van der Waals surface area (Å²) in [5, 5.41) is 28.7. The SMILES string of the molecule is CC/C=C\C/C=C\C/C=C\C/C=C\C/C=C\C/C=C\CCC(=O)O[C@H]1C[C@H]2OC[C@@]2(OC(C)=O)[C@H]2[C@H](OC(=O)c3ccccc3)[C@]3(O)CC4(OC(=O)[C@H](O)C(NC(=O)c5ccccc5)c5ccccc5)C(C)=C([C@@H](OC(C)=O)C(=O)[C@]12C)[C@@]43C. The predicted octanol–water partition coefficient (Wildman–Crippen LogP) is 10.1. The molecule has 12 atom stereocenters. The number of amides is 1. The number of ketones is 1. The minimum absolute atomic E-state index is 0.0207. The van der Waals surface area contributed by atoms with E-state index in [1.807, 2.05) is 18.2 Å². The van der Waals surface area contributed by atoms with Crippen LogP contribution in [-0.2, 0) is 52.4 Å². The second kappa shape index (κ2) is 26.8. The molecule has 2 unspecified atom stereocenters. The molecular weight excluding hydrogens is 1070 g/mol. The summed E-state index contributed by atoms with van der Waals surface area (Å²) >= 11 is 0. The van der Waals surface area contributed by atoms with Crippen LogP contribution in [0.4, 0.5) is 0 Å². The molecule has 8 rings (SSSR count). The average molecular weight is 1150 g/mol. The van der Waals surface area contributed by atoms with E-state index in [4.69, 9.17) is 28.4 Å².